The molecule has 0 saturated carbocycles. The number of amides is 1. The first kappa shape index (κ1) is 13.8. The second-order valence-corrected chi connectivity index (χ2v) is 5.27. The van der Waals surface area contributed by atoms with Crippen molar-refractivity contribution in [1.29, 1.82) is 0 Å². The fourth-order valence-electron chi connectivity index (χ4n) is 2.72. The normalized spacial score (nSPS) is 18.8. The van der Waals surface area contributed by atoms with Crippen LogP contribution in [0.4, 0.5) is 5.82 Å². The van der Waals surface area contributed by atoms with Crippen molar-refractivity contribution in [2.45, 2.75) is 18.9 Å². The van der Waals surface area contributed by atoms with Crippen molar-refractivity contribution >= 4 is 22.5 Å². The van der Waals surface area contributed by atoms with E-state index >= 15 is 0 Å². The van der Waals surface area contributed by atoms with Crippen LogP contribution in [0.1, 0.15) is 23.3 Å². The van der Waals surface area contributed by atoms with Gasteiger partial charge in [0.05, 0.1) is 6.10 Å². The molecule has 3 rings (SSSR count). The topological polar surface area (TPSA) is 91.5 Å². The van der Waals surface area contributed by atoms with E-state index in [9.17, 15) is 9.90 Å². The van der Waals surface area contributed by atoms with Crippen LogP contribution in [0.3, 0.4) is 0 Å². The zero-order valence-electron chi connectivity index (χ0n) is 11.6. The molecular weight excluding hydrogens is 268 g/mol. The summed E-state index contributed by atoms with van der Waals surface area (Å²) in [5, 5.41) is 11.5. The van der Waals surface area contributed by atoms with Crippen molar-refractivity contribution in [3.63, 3.8) is 0 Å². The molecule has 6 nitrogen and oxygen atoms in total. The number of aromatic nitrogens is 1. The predicted octanol–water partition coefficient (Wildman–Crippen LogP) is 1.12. The molecule has 4 N–H and O–H groups in total. The van der Waals surface area contributed by atoms with Gasteiger partial charge in [-0.05, 0) is 24.3 Å². The van der Waals surface area contributed by atoms with E-state index in [2.05, 4.69) is 10.4 Å². The summed E-state index contributed by atoms with van der Waals surface area (Å²) >= 11 is 0. The van der Waals surface area contributed by atoms with Crippen LogP contribution in [0.5, 0.6) is 0 Å². The molecule has 110 valence electrons. The van der Waals surface area contributed by atoms with Crippen LogP contribution in [0, 0.1) is 0 Å². The summed E-state index contributed by atoms with van der Waals surface area (Å²) in [7, 11) is 0. The highest BCUT2D eigenvalue weighted by molar-refractivity contribution is 6.00. The molecule has 1 aliphatic rings. The van der Waals surface area contributed by atoms with Crippen molar-refractivity contribution in [3.8, 4) is 0 Å². The third kappa shape index (κ3) is 2.68. The molecule has 21 heavy (non-hydrogen) atoms. The van der Waals surface area contributed by atoms with E-state index in [1.54, 1.807) is 11.0 Å². The molecule has 1 amide bonds. The number of hydrogen-bond acceptors (Lipinski definition) is 5. The Morgan fingerprint density at radius 1 is 1.43 bits per heavy atom. The third-order valence-electron chi connectivity index (χ3n) is 3.78. The number of anilines is 1. The molecule has 2 heterocycles. The van der Waals surface area contributed by atoms with Crippen LogP contribution in [0.15, 0.2) is 30.3 Å². The largest absolute Gasteiger partial charge is 0.391 e. The molecule has 2 aromatic rings. The van der Waals surface area contributed by atoms with E-state index in [1.807, 2.05) is 24.3 Å². The number of hydrogen-bond donors (Lipinski definition) is 3. The van der Waals surface area contributed by atoms with E-state index in [-0.39, 0.29) is 5.91 Å². The Balaban J connectivity index is 1.98. The highest BCUT2D eigenvalue weighted by atomic mass is 16.3. The number of nitrogens with two attached hydrogens (primary N) is 1. The monoisotopic (exact) mass is 286 g/mol. The van der Waals surface area contributed by atoms with E-state index in [4.69, 9.17) is 5.84 Å². The Morgan fingerprint density at radius 2 is 2.24 bits per heavy atom. The molecule has 0 spiro atoms. The van der Waals surface area contributed by atoms with Gasteiger partial charge in [-0.3, -0.25) is 4.79 Å². The summed E-state index contributed by atoms with van der Waals surface area (Å²) in [6.45, 7) is 1.01. The summed E-state index contributed by atoms with van der Waals surface area (Å²) in [6, 6.07) is 9.38. The number of aliphatic hydroxyl groups excluding tert-OH is 1. The number of β-amino-alcohol motifs (C(OH)–C–C–N with tert-alkyl or cyclic N) is 1. The number of pyridine rings is 1. The number of nitrogens with one attached hydrogen (secondary N) is 1. The fraction of sp³-hybridized carbons (Fsp3) is 0.333. The molecular formula is C15H18N4O2. The van der Waals surface area contributed by atoms with Gasteiger partial charge in [-0.15, -0.1) is 0 Å². The molecule has 1 saturated heterocycles. The first-order chi connectivity index (χ1) is 10.2. The number of fused-ring (bicyclic) bond motifs is 1. The van der Waals surface area contributed by atoms with Crippen LogP contribution in [-0.4, -0.2) is 40.1 Å². The Kier molecular flexibility index (Phi) is 3.72. The molecule has 0 aliphatic carbocycles. The first-order valence-corrected chi connectivity index (χ1v) is 7.03. The predicted molar refractivity (Wildman–Crippen MR) is 80.7 cm³/mol. The zero-order chi connectivity index (χ0) is 14.8. The second kappa shape index (κ2) is 5.67. The van der Waals surface area contributed by atoms with E-state index in [0.29, 0.717) is 24.6 Å². The molecule has 0 bridgehead atoms. The highest BCUT2D eigenvalue weighted by Crippen LogP contribution is 2.23. The summed E-state index contributed by atoms with van der Waals surface area (Å²) in [5.41, 5.74) is 2.89. The van der Waals surface area contributed by atoms with Gasteiger partial charge < -0.3 is 15.4 Å². The maximum atomic E-state index is 12.5. The summed E-state index contributed by atoms with van der Waals surface area (Å²) < 4.78 is 0. The lowest BCUT2D eigenvalue weighted by Crippen LogP contribution is -2.42. The molecule has 1 aromatic carbocycles. The van der Waals surface area contributed by atoms with Gasteiger partial charge in [0.25, 0.3) is 5.91 Å². The molecule has 1 unspecified atom stereocenters. The minimum Gasteiger partial charge on any atom is -0.391 e. The second-order valence-electron chi connectivity index (χ2n) is 5.27. The number of rotatable bonds is 2. The Labute approximate surface area is 122 Å². The zero-order valence-corrected chi connectivity index (χ0v) is 11.6. The van der Waals surface area contributed by atoms with Gasteiger partial charge in [-0.25, -0.2) is 10.8 Å². The van der Waals surface area contributed by atoms with E-state index in [1.165, 1.54) is 0 Å². The van der Waals surface area contributed by atoms with Crippen LogP contribution >= 0.6 is 0 Å². The number of nitrogens with zero attached hydrogens (tertiary/aromatic N) is 2. The third-order valence-corrected chi connectivity index (χ3v) is 3.78. The lowest BCUT2D eigenvalue weighted by atomic mass is 10.1. The van der Waals surface area contributed by atoms with Crippen LogP contribution in [0.25, 0.3) is 10.8 Å². The SMILES string of the molecule is NNc1nc(C(=O)N2CCCC(O)C2)cc2ccccc12. The van der Waals surface area contributed by atoms with Crippen molar-refractivity contribution in [3.05, 3.63) is 36.0 Å². The maximum absolute atomic E-state index is 12.5. The number of likely N-dealkylation sites (tertiary alicyclic amines) is 1. The average Bonchev–Trinajstić information content (AvgIpc) is 2.53. The number of carbonyl (C=O) groups excluding carboxylic acids is 1. The minimum absolute atomic E-state index is 0.170. The summed E-state index contributed by atoms with van der Waals surface area (Å²) in [5.74, 6) is 5.82. The smallest absolute Gasteiger partial charge is 0.272 e. The van der Waals surface area contributed by atoms with Crippen LogP contribution < -0.4 is 11.3 Å². The quantitative estimate of drug-likeness (QED) is 0.568. The van der Waals surface area contributed by atoms with Crippen molar-refractivity contribution in [2.24, 2.45) is 5.84 Å². The highest BCUT2D eigenvalue weighted by Gasteiger charge is 2.24. The number of carbonyl (C=O) groups is 1. The van der Waals surface area contributed by atoms with E-state index in [0.717, 1.165) is 23.6 Å². The standard InChI is InChI=1S/C15H18N4O2/c16-18-14-12-6-2-1-4-10(12)8-13(17-14)15(21)19-7-3-5-11(20)9-19/h1-2,4,6,8,11,20H,3,5,7,9,16H2,(H,17,18). The van der Waals surface area contributed by atoms with Gasteiger partial charge in [0, 0.05) is 18.5 Å². The lowest BCUT2D eigenvalue weighted by molar-refractivity contribution is 0.0469. The molecule has 1 fully saturated rings. The average molecular weight is 286 g/mol. The van der Waals surface area contributed by atoms with Crippen molar-refractivity contribution < 1.29 is 9.90 Å². The molecule has 6 heteroatoms. The van der Waals surface area contributed by atoms with Gasteiger partial charge >= 0.3 is 0 Å². The maximum Gasteiger partial charge on any atom is 0.272 e. The number of benzene rings is 1. The van der Waals surface area contributed by atoms with Crippen LogP contribution in [-0.2, 0) is 0 Å². The minimum atomic E-state index is -0.449. The Morgan fingerprint density at radius 3 is 3.00 bits per heavy atom. The van der Waals surface area contributed by atoms with Crippen molar-refractivity contribution in [2.75, 3.05) is 18.5 Å². The Hall–Kier alpha value is -2.18. The lowest BCUT2D eigenvalue weighted by Gasteiger charge is -2.30. The van der Waals surface area contributed by atoms with Gasteiger partial charge in [0.1, 0.15) is 11.5 Å². The van der Waals surface area contributed by atoms with Crippen LogP contribution in [0.2, 0.25) is 0 Å². The van der Waals surface area contributed by atoms with Crippen molar-refractivity contribution in [1.82, 2.24) is 9.88 Å². The number of nitrogen functional groups attached to an aromatic ring is 1. The van der Waals surface area contributed by atoms with Gasteiger partial charge in [-0.2, -0.15) is 0 Å². The molecule has 1 aromatic heterocycles. The fourth-order valence-corrected chi connectivity index (χ4v) is 2.72. The summed E-state index contributed by atoms with van der Waals surface area (Å²) in [4.78, 5) is 18.5. The molecule has 1 aliphatic heterocycles. The number of hydrazine groups is 1. The van der Waals surface area contributed by atoms with Gasteiger partial charge in [0.15, 0.2) is 0 Å². The summed E-state index contributed by atoms with van der Waals surface area (Å²) in [6.07, 6.45) is 1.10. The molecule has 0 radical (unpaired) electrons. The number of aliphatic hydroxyl groups is 1. The van der Waals surface area contributed by atoms with E-state index < -0.39 is 6.10 Å². The Bertz CT molecular complexity index is 674. The first-order valence-electron chi connectivity index (χ1n) is 7.03. The molecule has 1 atom stereocenters. The van der Waals surface area contributed by atoms with Gasteiger partial charge in [-0.1, -0.05) is 24.3 Å². The van der Waals surface area contributed by atoms with Gasteiger partial charge in [0.2, 0.25) is 0 Å². The number of piperidine rings is 1.